The summed E-state index contributed by atoms with van der Waals surface area (Å²) in [6, 6.07) is -4.15. The van der Waals surface area contributed by atoms with E-state index < -0.39 is 64.3 Å². The number of rotatable bonds is 11. The summed E-state index contributed by atoms with van der Waals surface area (Å²) in [5.41, 5.74) is 0. The third-order valence-electron chi connectivity index (χ3n) is 2.55. The van der Waals surface area contributed by atoms with Crippen LogP contribution in [-0.4, -0.2) is 50.4 Å². The standard InChI is InChI=1S/C9HF17O5S/c10-1(11)2(12)29-6(18,19)5(17,30-4(15,16)3(13)14)7(20,21)31-8(22,23)9(24,25)32(26,27)28/h3H. The monoisotopic (exact) mass is 544 g/mol. The van der Waals surface area contributed by atoms with Crippen molar-refractivity contribution in [2.75, 3.05) is 0 Å². The fourth-order valence-corrected chi connectivity index (χ4v) is 1.49. The molecule has 0 saturated carbocycles. The SMILES string of the molecule is O=S(=O)(F)C(F)(F)C(F)(F)OC(F)(F)C(F)(OC(F)(F)C(F)F)C(F)(F)OC(F)=C(F)F. The van der Waals surface area contributed by atoms with E-state index in [-0.39, 0.29) is 0 Å². The van der Waals surface area contributed by atoms with Gasteiger partial charge in [0.2, 0.25) is 0 Å². The maximum Gasteiger partial charge on any atom is 0.471 e. The Bertz CT molecular complexity index is 818. The highest BCUT2D eigenvalue weighted by Crippen LogP contribution is 2.54. The van der Waals surface area contributed by atoms with Gasteiger partial charge in [-0.25, -0.2) is 13.5 Å². The van der Waals surface area contributed by atoms with Crippen LogP contribution in [0.25, 0.3) is 0 Å². The van der Waals surface area contributed by atoms with Crippen molar-refractivity contribution in [1.82, 2.24) is 0 Å². The zero-order chi connectivity index (χ0) is 26.4. The van der Waals surface area contributed by atoms with Gasteiger partial charge < -0.3 is 4.74 Å². The Hall–Kier alpha value is -1.78. The molecule has 0 saturated heterocycles. The Morgan fingerprint density at radius 3 is 1.41 bits per heavy atom. The smallest absolute Gasteiger partial charge is 0.398 e. The van der Waals surface area contributed by atoms with Crippen LogP contribution in [0.4, 0.5) is 74.1 Å². The predicted molar refractivity (Wildman–Crippen MR) is 58.2 cm³/mol. The molecule has 0 bridgehead atoms. The minimum atomic E-state index is -8.05. The van der Waals surface area contributed by atoms with E-state index in [0.717, 1.165) is 0 Å². The summed E-state index contributed by atoms with van der Waals surface area (Å²) in [5.74, 6) is -7.85. The highest BCUT2D eigenvalue weighted by Gasteiger charge is 2.83. The van der Waals surface area contributed by atoms with Gasteiger partial charge in [0, 0.05) is 0 Å². The summed E-state index contributed by atoms with van der Waals surface area (Å²) < 4.78 is 241. The summed E-state index contributed by atoms with van der Waals surface area (Å²) in [6.45, 7) is 0. The minimum Gasteiger partial charge on any atom is -0.398 e. The number of alkyl halides is 13. The van der Waals surface area contributed by atoms with Gasteiger partial charge in [0.05, 0.1) is 0 Å². The van der Waals surface area contributed by atoms with Crippen molar-refractivity contribution in [1.29, 1.82) is 0 Å². The highest BCUT2D eigenvalue weighted by atomic mass is 32.3. The molecule has 0 aliphatic carbocycles. The molecule has 0 heterocycles. The van der Waals surface area contributed by atoms with E-state index >= 15 is 0 Å². The van der Waals surface area contributed by atoms with E-state index in [1.165, 1.54) is 4.74 Å². The molecule has 0 N–H and O–H groups in total. The first kappa shape index (κ1) is 30.2. The molecule has 0 amide bonds. The first-order valence-corrected chi connectivity index (χ1v) is 7.67. The molecule has 0 aliphatic rings. The summed E-state index contributed by atoms with van der Waals surface area (Å²) in [4.78, 5) is 0. The van der Waals surface area contributed by atoms with Crippen molar-refractivity contribution in [2.24, 2.45) is 0 Å². The van der Waals surface area contributed by atoms with Crippen molar-refractivity contribution in [2.45, 2.75) is 42.0 Å². The van der Waals surface area contributed by atoms with Gasteiger partial charge in [-0.15, -0.1) is 0 Å². The average Bonchev–Trinajstić information content (AvgIpc) is 2.50. The lowest BCUT2D eigenvalue weighted by Gasteiger charge is -2.39. The second kappa shape index (κ2) is 8.53. The van der Waals surface area contributed by atoms with Gasteiger partial charge in [0.1, 0.15) is 0 Å². The summed E-state index contributed by atoms with van der Waals surface area (Å²) in [6.07, 6.45) is -40.0. The molecule has 192 valence electrons. The van der Waals surface area contributed by atoms with Gasteiger partial charge in [-0.05, 0) is 0 Å². The Labute approximate surface area is 162 Å². The fraction of sp³-hybridized carbons (Fsp3) is 0.778. The number of halogens is 17. The first-order chi connectivity index (χ1) is 13.7. The van der Waals surface area contributed by atoms with Crippen LogP contribution in [0.3, 0.4) is 0 Å². The maximum absolute atomic E-state index is 14.0. The van der Waals surface area contributed by atoms with E-state index in [0.29, 0.717) is 0 Å². The lowest BCUT2D eigenvalue weighted by atomic mass is 10.2. The quantitative estimate of drug-likeness (QED) is 0.202. The Morgan fingerprint density at radius 2 is 1.09 bits per heavy atom. The van der Waals surface area contributed by atoms with Gasteiger partial charge in [-0.3, -0.25) is 4.74 Å². The molecule has 5 nitrogen and oxygen atoms in total. The molecule has 23 heteroatoms. The lowest BCUT2D eigenvalue weighted by Crippen LogP contribution is -2.66. The molecule has 0 rings (SSSR count). The van der Waals surface area contributed by atoms with E-state index in [1.54, 1.807) is 4.74 Å². The molecule has 1 unspecified atom stereocenters. The van der Waals surface area contributed by atoms with Gasteiger partial charge >= 0.3 is 64.3 Å². The van der Waals surface area contributed by atoms with Crippen LogP contribution in [0.15, 0.2) is 12.1 Å². The Kier molecular flexibility index (Phi) is 8.06. The molecular formula is C9HF17O5S. The highest BCUT2D eigenvalue weighted by molar-refractivity contribution is 7.87. The zero-order valence-electron chi connectivity index (χ0n) is 13.5. The van der Waals surface area contributed by atoms with Crippen molar-refractivity contribution in [3.63, 3.8) is 0 Å². The molecule has 0 aromatic heterocycles. The molecule has 0 aliphatic heterocycles. The summed E-state index contributed by atoms with van der Waals surface area (Å²) in [7, 11) is -8.05. The van der Waals surface area contributed by atoms with Crippen LogP contribution >= 0.6 is 0 Å². The van der Waals surface area contributed by atoms with E-state index in [4.69, 9.17) is 0 Å². The first-order valence-electron chi connectivity index (χ1n) is 6.29. The van der Waals surface area contributed by atoms with Gasteiger partial charge in [-0.2, -0.15) is 69.9 Å². The Morgan fingerprint density at radius 1 is 0.688 bits per heavy atom. The fourth-order valence-electron chi connectivity index (χ4n) is 1.16. The van der Waals surface area contributed by atoms with Gasteiger partial charge in [0.25, 0.3) is 0 Å². The summed E-state index contributed by atoms with van der Waals surface area (Å²) >= 11 is 0. The van der Waals surface area contributed by atoms with Crippen molar-refractivity contribution >= 4 is 10.2 Å². The number of hydrogen-bond acceptors (Lipinski definition) is 5. The summed E-state index contributed by atoms with van der Waals surface area (Å²) in [5, 5.41) is -7.54. The molecule has 32 heavy (non-hydrogen) atoms. The van der Waals surface area contributed by atoms with Gasteiger partial charge in [0.15, 0.2) is 0 Å². The molecular weight excluding hydrogens is 543 g/mol. The molecule has 0 spiro atoms. The molecule has 1 atom stereocenters. The molecule has 0 aromatic carbocycles. The molecule has 0 aromatic rings. The zero-order valence-corrected chi connectivity index (χ0v) is 14.3. The Balaban J connectivity index is 6.80. The normalized spacial score (nSPS) is 16.7. The van der Waals surface area contributed by atoms with Crippen LogP contribution in [0.5, 0.6) is 0 Å². The van der Waals surface area contributed by atoms with E-state index in [1.807, 2.05) is 4.74 Å². The van der Waals surface area contributed by atoms with Crippen LogP contribution in [0.1, 0.15) is 0 Å². The predicted octanol–water partition coefficient (Wildman–Crippen LogP) is 5.27. The third-order valence-corrected chi connectivity index (χ3v) is 3.40. The molecule has 0 fully saturated rings. The molecule has 0 radical (unpaired) electrons. The number of ether oxygens (including phenoxy) is 3. The van der Waals surface area contributed by atoms with Crippen LogP contribution < -0.4 is 0 Å². The largest absolute Gasteiger partial charge is 0.471 e. The topological polar surface area (TPSA) is 61.8 Å². The number of hydrogen-bond donors (Lipinski definition) is 0. The van der Waals surface area contributed by atoms with E-state index in [9.17, 15) is 82.6 Å². The average molecular weight is 544 g/mol. The van der Waals surface area contributed by atoms with E-state index in [2.05, 4.69) is 0 Å². The van der Waals surface area contributed by atoms with Crippen molar-refractivity contribution in [3.8, 4) is 0 Å². The van der Waals surface area contributed by atoms with Crippen molar-refractivity contribution in [3.05, 3.63) is 12.1 Å². The van der Waals surface area contributed by atoms with Crippen LogP contribution in [0.2, 0.25) is 0 Å². The van der Waals surface area contributed by atoms with Gasteiger partial charge in [-0.1, -0.05) is 3.89 Å². The third kappa shape index (κ3) is 5.58. The maximum atomic E-state index is 14.0. The minimum absolute atomic E-state index is 1.34. The second-order valence-electron chi connectivity index (χ2n) is 4.80. The second-order valence-corrected chi connectivity index (χ2v) is 6.19. The lowest BCUT2D eigenvalue weighted by molar-refractivity contribution is -0.550. The van der Waals surface area contributed by atoms with Crippen molar-refractivity contribution < 1.29 is 96.8 Å². The van der Waals surface area contributed by atoms with Crippen LogP contribution in [-0.2, 0) is 24.4 Å². The van der Waals surface area contributed by atoms with Crippen LogP contribution in [0, 0.1) is 0 Å².